The van der Waals surface area contributed by atoms with Gasteiger partial charge in [0.05, 0.1) is 6.54 Å². The molecule has 0 bridgehead atoms. The molecule has 2 N–H and O–H groups in total. The molecule has 1 aliphatic heterocycles. The van der Waals surface area contributed by atoms with Crippen LogP contribution in [0.5, 0.6) is 0 Å². The topological polar surface area (TPSA) is 77.0 Å². The van der Waals surface area contributed by atoms with Gasteiger partial charge in [-0.3, -0.25) is 4.79 Å². The van der Waals surface area contributed by atoms with E-state index in [-0.39, 0.29) is 43.9 Å². The van der Waals surface area contributed by atoms with Crippen LogP contribution in [0.4, 0.5) is 26.3 Å². The molecule has 158 valence electrons. The smallest absolute Gasteiger partial charge is 0.333 e. The second-order valence-corrected chi connectivity index (χ2v) is 6.75. The Morgan fingerprint density at radius 1 is 1.17 bits per heavy atom. The van der Waals surface area contributed by atoms with E-state index in [1.807, 2.05) is 0 Å². The van der Waals surface area contributed by atoms with Crippen molar-refractivity contribution in [2.75, 3.05) is 6.54 Å². The van der Waals surface area contributed by atoms with E-state index in [2.05, 4.69) is 10.2 Å². The van der Waals surface area contributed by atoms with Gasteiger partial charge in [-0.1, -0.05) is 0 Å². The molecule has 6 nitrogen and oxygen atoms in total. The summed E-state index contributed by atoms with van der Waals surface area (Å²) in [4.78, 5) is 13.7. The Kier molecular flexibility index (Phi) is 5.82. The van der Waals surface area contributed by atoms with E-state index in [4.69, 9.17) is 5.73 Å². The number of hydrogen-bond donors (Lipinski definition) is 1. The highest BCUT2D eigenvalue weighted by Crippen LogP contribution is 2.30. The lowest BCUT2D eigenvalue weighted by Crippen LogP contribution is -2.41. The Labute approximate surface area is 161 Å². The molecule has 1 aromatic heterocycles. The third-order valence-electron chi connectivity index (χ3n) is 4.62. The number of carbonyl (C=O) groups excluding carboxylic acids is 1. The molecule has 12 heteroatoms. The van der Waals surface area contributed by atoms with Crippen LogP contribution in [0.25, 0.3) is 0 Å². The van der Waals surface area contributed by atoms with E-state index in [0.29, 0.717) is 6.08 Å². The third-order valence-corrected chi connectivity index (χ3v) is 4.62. The summed E-state index contributed by atoms with van der Waals surface area (Å²) in [5.74, 6) is -4.74. The van der Waals surface area contributed by atoms with E-state index >= 15 is 0 Å². The Morgan fingerprint density at radius 3 is 2.59 bits per heavy atom. The molecule has 0 radical (unpaired) electrons. The summed E-state index contributed by atoms with van der Waals surface area (Å²) < 4.78 is 80.2. The zero-order valence-corrected chi connectivity index (χ0v) is 15.0. The molecule has 1 atom stereocenters. The van der Waals surface area contributed by atoms with Crippen molar-refractivity contribution >= 4 is 5.91 Å². The predicted octanol–water partition coefficient (Wildman–Crippen LogP) is 3.08. The molecule has 1 aromatic rings. The zero-order chi connectivity index (χ0) is 21.3. The molecule has 2 aliphatic rings. The van der Waals surface area contributed by atoms with Crippen molar-refractivity contribution in [2.45, 2.75) is 44.6 Å². The summed E-state index contributed by atoms with van der Waals surface area (Å²) in [5, 5.41) is 6.62. The van der Waals surface area contributed by atoms with Crippen LogP contribution < -0.4 is 5.73 Å². The lowest BCUT2D eigenvalue weighted by molar-refractivity contribution is -0.148. The van der Waals surface area contributed by atoms with Crippen molar-refractivity contribution in [3.63, 3.8) is 0 Å². The van der Waals surface area contributed by atoms with Crippen LogP contribution >= 0.6 is 0 Å². The lowest BCUT2D eigenvalue weighted by atomic mass is 10.0. The molecule has 0 spiro atoms. The number of hydrogen-bond acceptors (Lipinski definition) is 4. The minimum absolute atomic E-state index is 0.000390. The Balaban J connectivity index is 1.62. The van der Waals surface area contributed by atoms with Gasteiger partial charge in [0.25, 0.3) is 0 Å². The molecule has 0 saturated heterocycles. The summed E-state index contributed by atoms with van der Waals surface area (Å²) in [6, 6.07) is -0.890. The number of nitrogens with two attached hydrogens (primary N) is 1. The first kappa shape index (κ1) is 21.1. The highest BCUT2D eigenvalue weighted by Gasteiger charge is 2.40. The van der Waals surface area contributed by atoms with Crippen LogP contribution in [-0.4, -0.2) is 38.2 Å². The van der Waals surface area contributed by atoms with Gasteiger partial charge < -0.3 is 15.2 Å². The molecule has 29 heavy (non-hydrogen) atoms. The fraction of sp³-hybridized carbons (Fsp3) is 0.471. The largest absolute Gasteiger partial charge is 0.451 e. The van der Waals surface area contributed by atoms with E-state index < -0.39 is 47.9 Å². The number of nitrogens with zero attached hydrogens (tertiary/aromatic N) is 4. The van der Waals surface area contributed by atoms with E-state index in [9.17, 15) is 31.1 Å². The zero-order valence-electron chi connectivity index (χ0n) is 15.0. The van der Waals surface area contributed by atoms with Crippen molar-refractivity contribution < 1.29 is 31.1 Å². The third kappa shape index (κ3) is 4.69. The minimum atomic E-state index is -4.65. The first-order valence-corrected chi connectivity index (χ1v) is 8.69. The van der Waals surface area contributed by atoms with Crippen LogP contribution in [-0.2, 0) is 24.1 Å². The van der Waals surface area contributed by atoms with Gasteiger partial charge in [0.2, 0.25) is 11.7 Å². The van der Waals surface area contributed by atoms with Crippen LogP contribution in [0, 0.1) is 0 Å². The maximum atomic E-state index is 14.0. The van der Waals surface area contributed by atoms with Gasteiger partial charge in [-0.25, -0.2) is 13.2 Å². The molecule has 0 unspecified atom stereocenters. The Bertz CT molecular complexity index is 901. The average Bonchev–Trinajstić information content (AvgIpc) is 3.03. The summed E-state index contributed by atoms with van der Waals surface area (Å²) in [5.41, 5.74) is 5.73. The molecule has 3 rings (SSSR count). The van der Waals surface area contributed by atoms with E-state index in [1.165, 1.54) is 4.90 Å². The molecular formula is C17H17F6N5O. The lowest BCUT2D eigenvalue weighted by Gasteiger charge is -2.29. The van der Waals surface area contributed by atoms with Gasteiger partial charge >= 0.3 is 6.18 Å². The fourth-order valence-electron chi connectivity index (χ4n) is 3.17. The van der Waals surface area contributed by atoms with Gasteiger partial charge in [0.15, 0.2) is 17.5 Å². The van der Waals surface area contributed by atoms with Crippen LogP contribution in [0.3, 0.4) is 0 Å². The summed E-state index contributed by atoms with van der Waals surface area (Å²) in [6.45, 7) is -0.299. The highest BCUT2D eigenvalue weighted by atomic mass is 19.4. The summed E-state index contributed by atoms with van der Waals surface area (Å²) in [7, 11) is 0. The van der Waals surface area contributed by atoms with Crippen LogP contribution in [0.15, 0.2) is 35.2 Å². The number of alkyl halides is 3. The molecule has 0 saturated carbocycles. The Morgan fingerprint density at radius 2 is 1.90 bits per heavy atom. The number of fused-ring (bicyclic) bond motifs is 1. The number of allylic oxidation sites excluding steroid dienone is 5. The maximum Gasteiger partial charge on any atom is 0.451 e. The predicted molar refractivity (Wildman–Crippen MR) is 88.8 cm³/mol. The summed E-state index contributed by atoms with van der Waals surface area (Å²) >= 11 is 0. The van der Waals surface area contributed by atoms with E-state index in [0.717, 1.165) is 10.6 Å². The van der Waals surface area contributed by atoms with Crippen molar-refractivity contribution in [1.29, 1.82) is 0 Å². The maximum absolute atomic E-state index is 14.0. The second-order valence-electron chi connectivity index (χ2n) is 6.75. The normalized spacial score (nSPS) is 18.8. The molecule has 1 amide bonds. The summed E-state index contributed by atoms with van der Waals surface area (Å²) in [6.07, 6.45) is -4.04. The molecule has 2 heterocycles. The van der Waals surface area contributed by atoms with Crippen molar-refractivity contribution in [2.24, 2.45) is 5.73 Å². The van der Waals surface area contributed by atoms with Gasteiger partial charge in [-0.05, 0) is 24.1 Å². The number of halogens is 6. The van der Waals surface area contributed by atoms with Gasteiger partial charge in [-0.15, -0.1) is 10.2 Å². The Hall–Kier alpha value is -2.63. The van der Waals surface area contributed by atoms with Gasteiger partial charge in [0.1, 0.15) is 5.83 Å². The quantitative estimate of drug-likeness (QED) is 0.759. The van der Waals surface area contributed by atoms with Crippen LogP contribution in [0.2, 0.25) is 0 Å². The molecule has 0 fully saturated rings. The minimum Gasteiger partial charge on any atom is -0.333 e. The SMILES string of the molecule is N[C@@H](CC(=O)N1CCn2c(nnc2C(F)(F)F)C1)CC1=C(F)CC=C(F)C(F)=C1. The number of aromatic nitrogens is 3. The first-order chi connectivity index (χ1) is 13.6. The highest BCUT2D eigenvalue weighted by molar-refractivity contribution is 5.77. The first-order valence-electron chi connectivity index (χ1n) is 8.69. The monoisotopic (exact) mass is 421 g/mol. The second kappa shape index (κ2) is 8.01. The number of carbonyl (C=O) groups is 1. The van der Waals surface area contributed by atoms with Crippen molar-refractivity contribution in [1.82, 2.24) is 19.7 Å². The van der Waals surface area contributed by atoms with Gasteiger partial charge in [0, 0.05) is 32.0 Å². The van der Waals surface area contributed by atoms with E-state index in [1.54, 1.807) is 0 Å². The average molecular weight is 421 g/mol. The standard InChI is InChI=1S/C17H17F6N5O/c18-11-1-2-12(19)13(20)6-9(11)5-10(24)7-15(29)27-3-4-28-14(8-27)25-26-16(28)17(21,22)23/h2,6,10H,1,3-5,7-8,24H2/t10-/m1/s1. The molecule has 0 aromatic carbocycles. The molecule has 1 aliphatic carbocycles. The van der Waals surface area contributed by atoms with Gasteiger partial charge in [-0.2, -0.15) is 13.2 Å². The van der Waals surface area contributed by atoms with Crippen molar-refractivity contribution in [3.8, 4) is 0 Å². The molecular weight excluding hydrogens is 404 g/mol. The number of amides is 1. The number of rotatable bonds is 4. The van der Waals surface area contributed by atoms with Crippen molar-refractivity contribution in [3.05, 3.63) is 46.9 Å². The fourth-order valence-corrected chi connectivity index (χ4v) is 3.17. The van der Waals surface area contributed by atoms with Crippen LogP contribution in [0.1, 0.15) is 30.9 Å².